The number of nitriles is 1. The molecule has 0 saturated heterocycles. The maximum Gasteiger partial charge on any atom is 0.167 e. The van der Waals surface area contributed by atoms with E-state index in [-0.39, 0.29) is 17.8 Å². The van der Waals surface area contributed by atoms with E-state index in [1.165, 1.54) is 6.07 Å². The minimum atomic E-state index is -1.33. The molecule has 0 spiro atoms. The van der Waals surface area contributed by atoms with Crippen LogP contribution in [0.1, 0.15) is 15.9 Å². The number of ketones is 1. The first-order valence-electron chi connectivity index (χ1n) is 7.16. The first-order chi connectivity index (χ1) is 10.7. The van der Waals surface area contributed by atoms with Crippen LogP contribution >= 0.6 is 0 Å². The lowest BCUT2D eigenvalue weighted by molar-refractivity contribution is 0.0992. The fourth-order valence-corrected chi connectivity index (χ4v) is 1.55. The average Bonchev–Trinajstić information content (AvgIpc) is 2.51. The zero-order chi connectivity index (χ0) is 17.5. The number of carbonyl (C=O) groups excluding carboxylic acids is 1. The SMILES string of the molecule is C[Si](C)(C)C#N.O=C(Cc1ccccc1)c1ccc(F)c(F)c1. The van der Waals surface area contributed by atoms with Crippen LogP contribution in [0.25, 0.3) is 0 Å². The third-order valence-electron chi connectivity index (χ3n) is 2.78. The Hall–Kier alpha value is -2.32. The summed E-state index contributed by atoms with van der Waals surface area (Å²) < 4.78 is 25.7. The molecule has 0 aliphatic carbocycles. The Labute approximate surface area is 136 Å². The molecule has 0 saturated carbocycles. The quantitative estimate of drug-likeness (QED) is 0.600. The zero-order valence-corrected chi connectivity index (χ0v) is 14.4. The fraction of sp³-hybridized carbons (Fsp3) is 0.222. The second-order valence-corrected chi connectivity index (χ2v) is 10.8. The van der Waals surface area contributed by atoms with Crippen molar-refractivity contribution in [2.45, 2.75) is 26.1 Å². The summed E-state index contributed by atoms with van der Waals surface area (Å²) in [6.45, 7) is 6.06. The molecule has 0 bridgehead atoms. The van der Waals surface area contributed by atoms with Crippen LogP contribution in [0.15, 0.2) is 48.5 Å². The van der Waals surface area contributed by atoms with Crippen molar-refractivity contribution in [2.24, 2.45) is 0 Å². The van der Waals surface area contributed by atoms with Crippen LogP contribution < -0.4 is 0 Å². The minimum absolute atomic E-state index is 0.186. The summed E-state index contributed by atoms with van der Waals surface area (Å²) in [7, 11) is -1.33. The number of nitrogens with zero attached hydrogens (tertiary/aromatic N) is 1. The van der Waals surface area contributed by atoms with Gasteiger partial charge in [-0.3, -0.25) is 4.79 Å². The van der Waals surface area contributed by atoms with Gasteiger partial charge in [-0.25, -0.2) is 14.0 Å². The van der Waals surface area contributed by atoms with E-state index < -0.39 is 19.7 Å². The first kappa shape index (κ1) is 18.7. The Morgan fingerprint density at radius 1 is 1.04 bits per heavy atom. The summed E-state index contributed by atoms with van der Waals surface area (Å²) in [5.74, 6) is -2.17. The molecule has 0 aliphatic rings. The maximum atomic E-state index is 13.0. The first-order valence-corrected chi connectivity index (χ1v) is 10.7. The number of Topliss-reactive ketones (excluding diaryl/α,β-unsaturated/α-hetero) is 1. The Bertz CT molecular complexity index is 703. The van der Waals surface area contributed by atoms with Crippen LogP contribution in [0.5, 0.6) is 0 Å². The van der Waals surface area contributed by atoms with E-state index in [4.69, 9.17) is 5.26 Å². The number of benzene rings is 2. The highest BCUT2D eigenvalue weighted by molar-refractivity contribution is 6.83. The van der Waals surface area contributed by atoms with Gasteiger partial charge in [-0.2, -0.15) is 0 Å². The smallest absolute Gasteiger partial charge is 0.167 e. The summed E-state index contributed by atoms with van der Waals surface area (Å²) in [6, 6.07) is 12.3. The highest BCUT2D eigenvalue weighted by Crippen LogP contribution is 2.12. The summed E-state index contributed by atoms with van der Waals surface area (Å²) in [5.41, 5.74) is 3.28. The maximum absolute atomic E-state index is 13.0. The molecular weight excluding hydrogens is 312 g/mol. The zero-order valence-electron chi connectivity index (χ0n) is 13.4. The van der Waals surface area contributed by atoms with E-state index in [9.17, 15) is 13.6 Å². The van der Waals surface area contributed by atoms with Crippen molar-refractivity contribution in [3.8, 4) is 5.69 Å². The second-order valence-electron chi connectivity index (χ2n) is 6.08. The molecule has 0 aliphatic heterocycles. The van der Waals surface area contributed by atoms with E-state index in [1.54, 1.807) is 0 Å². The third kappa shape index (κ3) is 6.98. The number of hydrogen-bond acceptors (Lipinski definition) is 2. The van der Waals surface area contributed by atoms with Gasteiger partial charge in [0.2, 0.25) is 0 Å². The molecule has 2 rings (SSSR count). The van der Waals surface area contributed by atoms with Crippen molar-refractivity contribution in [1.82, 2.24) is 0 Å². The Morgan fingerprint density at radius 2 is 1.61 bits per heavy atom. The van der Waals surface area contributed by atoms with E-state index in [1.807, 2.05) is 50.0 Å². The predicted molar refractivity (Wildman–Crippen MR) is 89.8 cm³/mol. The normalized spacial score (nSPS) is 10.3. The molecule has 2 aromatic carbocycles. The Balaban J connectivity index is 0.000000379. The molecule has 0 N–H and O–H groups in total. The molecule has 0 atom stereocenters. The molecule has 2 aromatic rings. The van der Waals surface area contributed by atoms with Crippen molar-refractivity contribution < 1.29 is 13.6 Å². The standard InChI is InChI=1S/C14H10F2O.C4H9NSi/c15-12-7-6-11(9-13(12)16)14(17)8-10-4-2-1-3-5-10;1-6(2,3)4-5/h1-7,9H,8H2;1-3H3. The van der Waals surface area contributed by atoms with Crippen molar-refractivity contribution in [2.75, 3.05) is 0 Å². The summed E-state index contributed by atoms with van der Waals surface area (Å²) in [6.07, 6.45) is 0.186. The fourth-order valence-electron chi connectivity index (χ4n) is 1.55. The monoisotopic (exact) mass is 331 g/mol. The van der Waals surface area contributed by atoms with Crippen LogP contribution in [0.2, 0.25) is 19.6 Å². The van der Waals surface area contributed by atoms with Crippen molar-refractivity contribution >= 4 is 13.9 Å². The van der Waals surface area contributed by atoms with Gasteiger partial charge in [-0.1, -0.05) is 50.0 Å². The third-order valence-corrected chi connectivity index (χ3v) is 3.46. The van der Waals surface area contributed by atoms with E-state index in [0.29, 0.717) is 0 Å². The number of halogens is 2. The molecule has 120 valence electrons. The Morgan fingerprint density at radius 3 is 2.09 bits per heavy atom. The average molecular weight is 331 g/mol. The van der Waals surface area contributed by atoms with Gasteiger partial charge < -0.3 is 0 Å². The van der Waals surface area contributed by atoms with E-state index in [0.717, 1.165) is 17.7 Å². The molecule has 23 heavy (non-hydrogen) atoms. The summed E-state index contributed by atoms with van der Waals surface area (Å²) in [5, 5.41) is 8.21. The molecular formula is C18H19F2NOSi. The van der Waals surface area contributed by atoms with Crippen LogP contribution in [0, 0.1) is 22.6 Å². The van der Waals surface area contributed by atoms with Gasteiger partial charge in [0.1, 0.15) is 0 Å². The summed E-state index contributed by atoms with van der Waals surface area (Å²) >= 11 is 0. The van der Waals surface area contributed by atoms with Crippen molar-refractivity contribution in [1.29, 1.82) is 5.26 Å². The molecule has 2 nitrogen and oxygen atoms in total. The topological polar surface area (TPSA) is 40.9 Å². The largest absolute Gasteiger partial charge is 0.294 e. The van der Waals surface area contributed by atoms with Gasteiger partial charge >= 0.3 is 0 Å². The molecule has 0 heterocycles. The lowest BCUT2D eigenvalue weighted by Crippen LogP contribution is -2.15. The number of hydrogen-bond donors (Lipinski definition) is 0. The minimum Gasteiger partial charge on any atom is -0.294 e. The van der Waals surface area contributed by atoms with Gasteiger partial charge in [-0.15, -0.1) is 0 Å². The van der Waals surface area contributed by atoms with Gasteiger partial charge in [0.25, 0.3) is 0 Å². The molecule has 0 amide bonds. The molecule has 0 unspecified atom stereocenters. The lowest BCUT2D eigenvalue weighted by atomic mass is 10.0. The number of carbonyl (C=O) groups is 1. The van der Waals surface area contributed by atoms with Crippen molar-refractivity contribution in [3.63, 3.8) is 0 Å². The van der Waals surface area contributed by atoms with Crippen molar-refractivity contribution in [3.05, 3.63) is 71.3 Å². The molecule has 0 radical (unpaired) electrons. The van der Waals surface area contributed by atoms with E-state index in [2.05, 4.69) is 5.69 Å². The van der Waals surface area contributed by atoms with Gasteiger partial charge in [0.05, 0.1) is 0 Å². The molecule has 5 heteroatoms. The van der Waals surface area contributed by atoms with Gasteiger partial charge in [0, 0.05) is 17.7 Å². The second kappa shape index (κ2) is 8.35. The highest BCUT2D eigenvalue weighted by atomic mass is 28.3. The highest BCUT2D eigenvalue weighted by Gasteiger charge is 2.10. The predicted octanol–water partition coefficient (Wildman–Crippen LogP) is 4.78. The lowest BCUT2D eigenvalue weighted by Gasteiger charge is -2.02. The molecule has 0 aromatic heterocycles. The molecule has 0 fully saturated rings. The van der Waals surface area contributed by atoms with Crippen LogP contribution in [-0.2, 0) is 6.42 Å². The Kier molecular flexibility index (Phi) is 6.80. The van der Waals surface area contributed by atoms with Crippen LogP contribution in [0.4, 0.5) is 8.78 Å². The van der Waals surface area contributed by atoms with Gasteiger partial charge in [-0.05, 0) is 23.8 Å². The van der Waals surface area contributed by atoms with Crippen LogP contribution in [0.3, 0.4) is 0 Å². The van der Waals surface area contributed by atoms with Gasteiger partial charge in [0.15, 0.2) is 25.5 Å². The number of rotatable bonds is 3. The van der Waals surface area contributed by atoms with E-state index >= 15 is 0 Å². The van der Waals surface area contributed by atoms with Crippen LogP contribution in [-0.4, -0.2) is 13.9 Å². The summed E-state index contributed by atoms with van der Waals surface area (Å²) in [4.78, 5) is 11.8.